The van der Waals surface area contributed by atoms with Gasteiger partial charge in [0, 0.05) is 19.4 Å². The molecule has 6 heteroatoms. The second-order valence-corrected chi connectivity index (χ2v) is 4.85. The first-order chi connectivity index (χ1) is 10.6. The molecule has 122 valence electrons. The number of hydrogen-bond acceptors (Lipinski definition) is 4. The van der Waals surface area contributed by atoms with E-state index < -0.39 is 5.97 Å². The Morgan fingerprint density at radius 1 is 1.14 bits per heavy atom. The molecule has 0 saturated heterocycles. The summed E-state index contributed by atoms with van der Waals surface area (Å²) in [6, 6.07) is 5.63. The Kier molecular flexibility index (Phi) is 7.81. The molecule has 1 rings (SSSR count). The number of para-hydroxylation sites is 1. The van der Waals surface area contributed by atoms with Crippen molar-refractivity contribution in [2.75, 3.05) is 20.8 Å². The van der Waals surface area contributed by atoms with Crippen molar-refractivity contribution in [3.63, 3.8) is 0 Å². The topological polar surface area (TPSA) is 84.9 Å². The first-order valence-electron chi connectivity index (χ1n) is 7.26. The molecule has 0 bridgehead atoms. The van der Waals surface area contributed by atoms with Gasteiger partial charge in [-0.05, 0) is 30.9 Å². The van der Waals surface area contributed by atoms with Gasteiger partial charge in [-0.25, -0.2) is 0 Å². The van der Waals surface area contributed by atoms with E-state index in [0.717, 1.165) is 5.56 Å². The van der Waals surface area contributed by atoms with Crippen molar-refractivity contribution in [1.82, 2.24) is 5.32 Å². The van der Waals surface area contributed by atoms with Gasteiger partial charge in [-0.2, -0.15) is 0 Å². The third kappa shape index (κ3) is 6.03. The number of carbonyl (C=O) groups excluding carboxylic acids is 1. The summed E-state index contributed by atoms with van der Waals surface area (Å²) in [7, 11) is 3.17. The zero-order valence-electron chi connectivity index (χ0n) is 13.1. The zero-order valence-corrected chi connectivity index (χ0v) is 13.1. The van der Waals surface area contributed by atoms with Crippen molar-refractivity contribution in [2.45, 2.75) is 32.1 Å². The van der Waals surface area contributed by atoms with Gasteiger partial charge in [-0.15, -0.1) is 0 Å². The summed E-state index contributed by atoms with van der Waals surface area (Å²) in [4.78, 5) is 22.0. The van der Waals surface area contributed by atoms with Crippen LogP contribution in [-0.2, 0) is 16.0 Å². The number of ether oxygens (including phenoxy) is 2. The summed E-state index contributed by atoms with van der Waals surface area (Å²) < 4.78 is 10.6. The van der Waals surface area contributed by atoms with Gasteiger partial charge in [0.2, 0.25) is 5.91 Å². The van der Waals surface area contributed by atoms with Crippen LogP contribution in [0.3, 0.4) is 0 Å². The van der Waals surface area contributed by atoms with Gasteiger partial charge in [0.15, 0.2) is 11.5 Å². The number of carbonyl (C=O) groups is 2. The van der Waals surface area contributed by atoms with Gasteiger partial charge < -0.3 is 19.9 Å². The molecule has 2 N–H and O–H groups in total. The van der Waals surface area contributed by atoms with E-state index in [2.05, 4.69) is 5.32 Å². The van der Waals surface area contributed by atoms with Crippen LogP contribution in [0.25, 0.3) is 0 Å². The number of carboxylic acids is 1. The van der Waals surface area contributed by atoms with Gasteiger partial charge in [0.05, 0.1) is 14.2 Å². The van der Waals surface area contributed by atoms with Crippen molar-refractivity contribution in [3.8, 4) is 11.5 Å². The number of aliphatic carboxylic acids is 1. The number of carboxylic acid groups (broad SMARTS) is 1. The quantitative estimate of drug-likeness (QED) is 0.646. The predicted octanol–water partition coefficient (Wildman–Crippen LogP) is 2.01. The van der Waals surface area contributed by atoms with E-state index in [9.17, 15) is 9.59 Å². The summed E-state index contributed by atoms with van der Waals surface area (Å²) in [5, 5.41) is 11.3. The number of amides is 1. The van der Waals surface area contributed by atoms with Crippen LogP contribution in [0.2, 0.25) is 0 Å². The lowest BCUT2D eigenvalue weighted by Crippen LogP contribution is -2.25. The Morgan fingerprint density at radius 3 is 2.50 bits per heavy atom. The lowest BCUT2D eigenvalue weighted by atomic mass is 10.1. The molecule has 0 heterocycles. The SMILES string of the molecule is COc1cccc(CCNC(=O)CCCCC(=O)O)c1OC. The Balaban J connectivity index is 2.35. The van der Waals surface area contributed by atoms with Crippen molar-refractivity contribution >= 4 is 11.9 Å². The van der Waals surface area contributed by atoms with E-state index in [-0.39, 0.29) is 12.3 Å². The molecule has 6 nitrogen and oxygen atoms in total. The summed E-state index contributed by atoms with van der Waals surface area (Å²) in [6.45, 7) is 0.501. The largest absolute Gasteiger partial charge is 0.493 e. The fourth-order valence-electron chi connectivity index (χ4n) is 2.14. The van der Waals surface area contributed by atoms with E-state index in [1.165, 1.54) is 0 Å². The van der Waals surface area contributed by atoms with E-state index in [1.54, 1.807) is 14.2 Å². The average molecular weight is 309 g/mol. The normalized spacial score (nSPS) is 10.1. The molecule has 22 heavy (non-hydrogen) atoms. The van der Waals surface area contributed by atoms with Gasteiger partial charge in [-0.3, -0.25) is 9.59 Å². The fourth-order valence-corrected chi connectivity index (χ4v) is 2.14. The Hall–Kier alpha value is -2.24. The third-order valence-corrected chi connectivity index (χ3v) is 3.25. The predicted molar refractivity (Wildman–Crippen MR) is 82.4 cm³/mol. The van der Waals surface area contributed by atoms with Crippen LogP contribution in [-0.4, -0.2) is 37.7 Å². The summed E-state index contributed by atoms with van der Waals surface area (Å²) in [6.07, 6.45) is 2.20. The second kappa shape index (κ2) is 9.65. The molecule has 0 atom stereocenters. The minimum Gasteiger partial charge on any atom is -0.493 e. The lowest BCUT2D eigenvalue weighted by molar-refractivity contribution is -0.137. The van der Waals surface area contributed by atoms with Crippen LogP contribution in [0.1, 0.15) is 31.2 Å². The number of methoxy groups -OCH3 is 2. The van der Waals surface area contributed by atoms with E-state index in [1.807, 2.05) is 18.2 Å². The maximum atomic E-state index is 11.6. The molecule has 0 fully saturated rings. The van der Waals surface area contributed by atoms with Gasteiger partial charge in [0.1, 0.15) is 0 Å². The highest BCUT2D eigenvalue weighted by atomic mass is 16.5. The minimum atomic E-state index is -0.828. The first-order valence-corrected chi connectivity index (χ1v) is 7.26. The average Bonchev–Trinajstić information content (AvgIpc) is 2.51. The van der Waals surface area contributed by atoms with Gasteiger partial charge >= 0.3 is 5.97 Å². The van der Waals surface area contributed by atoms with Crippen LogP contribution in [0.5, 0.6) is 11.5 Å². The number of rotatable bonds is 10. The molecule has 0 aliphatic carbocycles. The molecule has 0 aliphatic rings. The lowest BCUT2D eigenvalue weighted by Gasteiger charge is -2.12. The van der Waals surface area contributed by atoms with Gasteiger partial charge in [0.25, 0.3) is 0 Å². The molecule has 1 aromatic carbocycles. The number of hydrogen-bond donors (Lipinski definition) is 2. The molecule has 0 spiro atoms. The molecular formula is C16H23NO5. The Labute approximate surface area is 130 Å². The zero-order chi connectivity index (χ0) is 16.4. The molecule has 0 unspecified atom stereocenters. The highest BCUT2D eigenvalue weighted by molar-refractivity contribution is 5.75. The van der Waals surface area contributed by atoms with Crippen LogP contribution < -0.4 is 14.8 Å². The van der Waals surface area contributed by atoms with Gasteiger partial charge in [-0.1, -0.05) is 12.1 Å². The first kappa shape index (κ1) is 17.8. The number of unbranched alkanes of at least 4 members (excludes halogenated alkanes) is 1. The highest BCUT2D eigenvalue weighted by Gasteiger charge is 2.09. The molecule has 0 radical (unpaired) electrons. The van der Waals surface area contributed by atoms with Crippen LogP contribution in [0, 0.1) is 0 Å². The van der Waals surface area contributed by atoms with Crippen molar-refractivity contribution in [2.24, 2.45) is 0 Å². The molecular weight excluding hydrogens is 286 g/mol. The smallest absolute Gasteiger partial charge is 0.303 e. The van der Waals surface area contributed by atoms with E-state index in [4.69, 9.17) is 14.6 Å². The van der Waals surface area contributed by atoms with E-state index >= 15 is 0 Å². The second-order valence-electron chi connectivity index (χ2n) is 4.85. The van der Waals surface area contributed by atoms with Crippen molar-refractivity contribution in [1.29, 1.82) is 0 Å². The highest BCUT2D eigenvalue weighted by Crippen LogP contribution is 2.30. The third-order valence-electron chi connectivity index (χ3n) is 3.25. The number of benzene rings is 1. The molecule has 0 saturated carbocycles. The maximum Gasteiger partial charge on any atom is 0.303 e. The van der Waals surface area contributed by atoms with Crippen LogP contribution >= 0.6 is 0 Å². The fraction of sp³-hybridized carbons (Fsp3) is 0.500. The standard InChI is InChI=1S/C16H23NO5/c1-21-13-7-5-6-12(16(13)22-2)10-11-17-14(18)8-3-4-9-15(19)20/h5-7H,3-4,8-11H2,1-2H3,(H,17,18)(H,19,20). The maximum absolute atomic E-state index is 11.6. The van der Waals surface area contributed by atoms with Crippen LogP contribution in [0.4, 0.5) is 0 Å². The van der Waals surface area contributed by atoms with Crippen molar-refractivity contribution in [3.05, 3.63) is 23.8 Å². The monoisotopic (exact) mass is 309 g/mol. The summed E-state index contributed by atoms with van der Waals surface area (Å²) >= 11 is 0. The summed E-state index contributed by atoms with van der Waals surface area (Å²) in [5.74, 6) is 0.457. The number of nitrogens with one attached hydrogen (secondary N) is 1. The van der Waals surface area contributed by atoms with Crippen molar-refractivity contribution < 1.29 is 24.2 Å². The minimum absolute atomic E-state index is 0.0627. The Morgan fingerprint density at radius 2 is 1.86 bits per heavy atom. The molecule has 0 aliphatic heterocycles. The van der Waals surface area contributed by atoms with Crippen LogP contribution in [0.15, 0.2) is 18.2 Å². The Bertz CT molecular complexity index is 501. The summed E-state index contributed by atoms with van der Waals surface area (Å²) in [5.41, 5.74) is 0.966. The molecule has 1 amide bonds. The van der Waals surface area contributed by atoms with E-state index in [0.29, 0.717) is 43.7 Å². The molecule has 0 aromatic heterocycles. The molecule has 1 aromatic rings.